The summed E-state index contributed by atoms with van der Waals surface area (Å²) < 4.78 is 9.47. The minimum Gasteiger partial charge on any atom is -0.469 e. The van der Waals surface area contributed by atoms with Crippen LogP contribution in [0.5, 0.6) is 0 Å². The maximum Gasteiger partial charge on any atom is 0.235 e. The molecule has 0 spiro atoms. The minimum atomic E-state index is -0.0879. The van der Waals surface area contributed by atoms with E-state index in [4.69, 9.17) is 4.42 Å². The maximum absolute atomic E-state index is 12.8. The molecule has 1 aromatic carbocycles. The summed E-state index contributed by atoms with van der Waals surface area (Å²) in [4.78, 5) is 12.8. The Morgan fingerprint density at radius 2 is 1.97 bits per heavy atom. The quantitative estimate of drug-likeness (QED) is 0.373. The van der Waals surface area contributed by atoms with Gasteiger partial charge in [0.2, 0.25) is 5.91 Å². The van der Waals surface area contributed by atoms with Gasteiger partial charge in [0, 0.05) is 6.07 Å². The van der Waals surface area contributed by atoms with E-state index >= 15 is 0 Å². The number of hydrogen-bond acceptors (Lipinski definition) is 6. The highest BCUT2D eigenvalue weighted by Gasteiger charge is 2.22. The van der Waals surface area contributed by atoms with Crippen molar-refractivity contribution in [2.75, 3.05) is 11.1 Å². The third-order valence-corrected chi connectivity index (χ3v) is 6.91. The highest BCUT2D eigenvalue weighted by Crippen LogP contribution is 2.31. The first-order valence-electron chi connectivity index (χ1n) is 11.2. The van der Waals surface area contributed by atoms with Gasteiger partial charge in [-0.2, -0.15) is 5.10 Å². The Kier molecular flexibility index (Phi) is 6.30. The number of rotatable bonds is 8. The van der Waals surface area contributed by atoms with Crippen LogP contribution in [0.1, 0.15) is 43.0 Å². The molecule has 1 N–H and O–H groups in total. The van der Waals surface area contributed by atoms with Crippen LogP contribution in [-0.2, 0) is 11.3 Å². The fourth-order valence-corrected chi connectivity index (χ4v) is 5.02. The summed E-state index contributed by atoms with van der Waals surface area (Å²) in [6, 6.07) is 14.3. The zero-order valence-corrected chi connectivity index (χ0v) is 19.3. The summed E-state index contributed by atoms with van der Waals surface area (Å²) in [7, 11) is 0. The van der Waals surface area contributed by atoms with Crippen LogP contribution in [0.3, 0.4) is 0 Å². The molecule has 1 amide bonds. The van der Waals surface area contributed by atoms with E-state index in [0.717, 1.165) is 41.4 Å². The summed E-state index contributed by atoms with van der Waals surface area (Å²) in [6.45, 7) is 2.51. The van der Waals surface area contributed by atoms with E-state index in [1.54, 1.807) is 12.5 Å². The number of carbonyl (C=O) groups is 1. The van der Waals surface area contributed by atoms with Gasteiger partial charge >= 0.3 is 0 Å². The second-order valence-electron chi connectivity index (χ2n) is 8.20. The number of aromatic nitrogens is 5. The van der Waals surface area contributed by atoms with Gasteiger partial charge in [0.25, 0.3) is 0 Å². The molecule has 0 atom stereocenters. The highest BCUT2D eigenvalue weighted by molar-refractivity contribution is 7.99. The van der Waals surface area contributed by atoms with Crippen LogP contribution in [-0.4, -0.2) is 36.2 Å². The van der Waals surface area contributed by atoms with E-state index in [9.17, 15) is 4.79 Å². The molecule has 0 radical (unpaired) electrons. The Morgan fingerprint density at radius 1 is 1.15 bits per heavy atom. The van der Waals surface area contributed by atoms with Gasteiger partial charge in [-0.05, 0) is 31.4 Å². The van der Waals surface area contributed by atoms with Crippen LogP contribution >= 0.6 is 11.8 Å². The first kappa shape index (κ1) is 21.5. The second kappa shape index (κ2) is 9.66. The predicted molar refractivity (Wildman–Crippen MR) is 127 cm³/mol. The number of furan rings is 1. The Bertz CT molecular complexity index is 1220. The number of nitrogens with zero attached hydrogens (tertiary/aromatic N) is 5. The molecule has 8 nitrogen and oxygen atoms in total. The fourth-order valence-electron chi connectivity index (χ4n) is 4.28. The number of carbonyl (C=O) groups excluding carboxylic acids is 1. The van der Waals surface area contributed by atoms with Crippen molar-refractivity contribution in [2.45, 2.75) is 50.4 Å². The molecule has 0 bridgehead atoms. The lowest BCUT2D eigenvalue weighted by atomic mass is 10.2. The van der Waals surface area contributed by atoms with Crippen molar-refractivity contribution in [3.05, 3.63) is 66.2 Å². The molecular weight excluding hydrogens is 436 g/mol. The zero-order valence-electron chi connectivity index (χ0n) is 18.5. The van der Waals surface area contributed by atoms with Crippen LogP contribution < -0.4 is 5.32 Å². The largest absolute Gasteiger partial charge is 0.469 e. The van der Waals surface area contributed by atoms with Gasteiger partial charge in [0.15, 0.2) is 11.0 Å². The predicted octanol–water partition coefficient (Wildman–Crippen LogP) is 4.94. The van der Waals surface area contributed by atoms with Crippen LogP contribution in [0, 0.1) is 6.92 Å². The SMILES string of the molecule is Cc1occc1-c1nnc(SCC(=O)Nc2ccnn2C2CCCC2)n1Cc1ccccc1. The minimum absolute atomic E-state index is 0.0879. The average molecular weight is 463 g/mol. The van der Waals surface area contributed by atoms with Crippen molar-refractivity contribution in [3.8, 4) is 11.4 Å². The number of amides is 1. The highest BCUT2D eigenvalue weighted by atomic mass is 32.2. The Hall–Kier alpha value is -3.33. The number of anilines is 1. The lowest BCUT2D eigenvalue weighted by molar-refractivity contribution is -0.113. The van der Waals surface area contributed by atoms with Crippen LogP contribution in [0.25, 0.3) is 11.4 Å². The standard InChI is InChI=1S/C24H26N6O2S/c1-17-20(12-14-32-17)23-27-28-24(29(23)15-18-7-3-2-4-8-18)33-16-22(31)26-21-11-13-25-30(21)19-9-5-6-10-19/h2-4,7-8,11-14,19H,5-6,9-10,15-16H2,1H3,(H,26,31). The Morgan fingerprint density at radius 3 is 2.73 bits per heavy atom. The number of hydrogen-bond donors (Lipinski definition) is 1. The van der Waals surface area contributed by atoms with Crippen molar-refractivity contribution < 1.29 is 9.21 Å². The van der Waals surface area contributed by atoms with Gasteiger partial charge in [-0.25, -0.2) is 4.68 Å². The van der Waals surface area contributed by atoms with Gasteiger partial charge < -0.3 is 9.73 Å². The molecule has 5 rings (SSSR count). The van der Waals surface area contributed by atoms with Crippen molar-refractivity contribution in [1.82, 2.24) is 24.5 Å². The monoisotopic (exact) mass is 462 g/mol. The average Bonchev–Trinajstić information content (AvgIpc) is 3.61. The molecule has 1 saturated carbocycles. The molecule has 4 aromatic rings. The molecule has 33 heavy (non-hydrogen) atoms. The number of nitrogens with one attached hydrogen (secondary N) is 1. The molecule has 9 heteroatoms. The molecule has 1 fully saturated rings. The topological polar surface area (TPSA) is 90.8 Å². The molecule has 0 unspecified atom stereocenters. The zero-order chi connectivity index (χ0) is 22.6. The van der Waals surface area contributed by atoms with E-state index in [-0.39, 0.29) is 11.7 Å². The lowest BCUT2D eigenvalue weighted by Gasteiger charge is -2.14. The van der Waals surface area contributed by atoms with Gasteiger partial charge in [0.1, 0.15) is 11.6 Å². The normalized spacial score (nSPS) is 14.1. The maximum atomic E-state index is 12.8. The molecular formula is C24H26N6O2S. The van der Waals surface area contributed by atoms with Crippen molar-refractivity contribution in [1.29, 1.82) is 0 Å². The van der Waals surface area contributed by atoms with Gasteiger partial charge in [-0.3, -0.25) is 9.36 Å². The summed E-state index contributed by atoms with van der Waals surface area (Å²) in [5, 5.41) is 17.0. The third kappa shape index (κ3) is 4.73. The van der Waals surface area contributed by atoms with E-state index < -0.39 is 0 Å². The van der Waals surface area contributed by atoms with Crippen molar-refractivity contribution in [2.24, 2.45) is 0 Å². The Balaban J connectivity index is 1.32. The molecule has 3 aromatic heterocycles. The molecule has 0 saturated heterocycles. The first-order chi connectivity index (χ1) is 16.2. The smallest absolute Gasteiger partial charge is 0.235 e. The van der Waals surface area contributed by atoms with E-state index in [1.165, 1.54) is 24.6 Å². The van der Waals surface area contributed by atoms with Gasteiger partial charge in [-0.1, -0.05) is 54.9 Å². The van der Waals surface area contributed by atoms with Crippen LogP contribution in [0.4, 0.5) is 5.82 Å². The lowest BCUT2D eigenvalue weighted by Crippen LogP contribution is -2.19. The van der Waals surface area contributed by atoms with E-state index in [1.807, 2.05) is 46.5 Å². The number of benzene rings is 1. The molecule has 1 aliphatic rings. The second-order valence-corrected chi connectivity index (χ2v) is 9.15. The Labute approximate surface area is 196 Å². The van der Waals surface area contributed by atoms with Crippen LogP contribution in [0.2, 0.25) is 0 Å². The first-order valence-corrected chi connectivity index (χ1v) is 12.2. The van der Waals surface area contributed by atoms with Gasteiger partial charge in [-0.15, -0.1) is 10.2 Å². The van der Waals surface area contributed by atoms with Gasteiger partial charge in [0.05, 0.1) is 36.4 Å². The molecule has 3 heterocycles. The molecule has 0 aliphatic heterocycles. The third-order valence-electron chi connectivity index (χ3n) is 5.94. The summed E-state index contributed by atoms with van der Waals surface area (Å²) >= 11 is 1.38. The summed E-state index contributed by atoms with van der Waals surface area (Å²) in [6.07, 6.45) is 8.04. The summed E-state index contributed by atoms with van der Waals surface area (Å²) in [5.74, 6) is 2.41. The van der Waals surface area contributed by atoms with E-state index in [2.05, 4.69) is 32.7 Å². The van der Waals surface area contributed by atoms with Crippen molar-refractivity contribution >= 4 is 23.5 Å². The number of aryl methyl sites for hydroxylation is 1. The fraction of sp³-hybridized carbons (Fsp3) is 0.333. The van der Waals surface area contributed by atoms with Crippen molar-refractivity contribution in [3.63, 3.8) is 0 Å². The van der Waals surface area contributed by atoms with Crippen LogP contribution in [0.15, 0.2) is 64.5 Å². The summed E-state index contributed by atoms with van der Waals surface area (Å²) in [5.41, 5.74) is 2.03. The van der Waals surface area contributed by atoms with E-state index in [0.29, 0.717) is 17.7 Å². The molecule has 170 valence electrons. The number of thioether (sulfide) groups is 1. The molecule has 1 aliphatic carbocycles.